The van der Waals surface area contributed by atoms with Crippen LogP contribution in [0.3, 0.4) is 0 Å². The van der Waals surface area contributed by atoms with E-state index >= 15 is 0 Å². The number of hydrogen-bond acceptors (Lipinski definition) is 5. The van der Waals surface area contributed by atoms with Gasteiger partial charge in [0.25, 0.3) is 5.91 Å². The van der Waals surface area contributed by atoms with Crippen molar-refractivity contribution in [2.24, 2.45) is 0 Å². The average molecular weight is 295 g/mol. The second-order valence-electron chi connectivity index (χ2n) is 5.53. The first-order valence-electron chi connectivity index (χ1n) is 6.75. The van der Waals surface area contributed by atoms with Crippen LogP contribution < -0.4 is 0 Å². The van der Waals surface area contributed by atoms with Gasteiger partial charge >= 0.3 is 0 Å². The molecule has 1 aliphatic heterocycles. The van der Waals surface area contributed by atoms with Crippen molar-refractivity contribution in [1.29, 1.82) is 0 Å². The van der Waals surface area contributed by atoms with Crippen LogP contribution in [0, 0.1) is 13.8 Å². The maximum atomic E-state index is 12.7. The molecule has 1 fully saturated rings. The summed E-state index contributed by atoms with van der Waals surface area (Å²) in [6.45, 7) is 6.66. The summed E-state index contributed by atoms with van der Waals surface area (Å²) in [5.74, 6) is 0.660. The van der Waals surface area contributed by atoms with Crippen molar-refractivity contribution in [2.45, 2.75) is 44.2 Å². The lowest BCUT2D eigenvalue weighted by Gasteiger charge is -2.36. The molecule has 0 radical (unpaired) electrons. The number of amides is 1. The number of nitrogens with zero attached hydrogens (tertiary/aromatic N) is 3. The van der Waals surface area contributed by atoms with Crippen molar-refractivity contribution in [3.63, 3.8) is 0 Å². The minimum absolute atomic E-state index is 0.0256. The molecule has 1 aliphatic rings. The topological polar surface area (TPSA) is 66.3 Å². The molecule has 0 spiro atoms. The first-order valence-corrected chi connectivity index (χ1v) is 7.97. The maximum absolute atomic E-state index is 12.7. The molecule has 0 atom stereocenters. The van der Waals surface area contributed by atoms with Crippen LogP contribution in [0.25, 0.3) is 0 Å². The van der Waals surface area contributed by atoms with Gasteiger partial charge in [-0.25, -0.2) is 9.97 Å². The van der Waals surface area contributed by atoms with E-state index in [9.17, 15) is 9.90 Å². The van der Waals surface area contributed by atoms with Crippen LogP contribution in [0.2, 0.25) is 0 Å². The lowest BCUT2D eigenvalue weighted by molar-refractivity contribution is -0.00217. The third-order valence-electron chi connectivity index (χ3n) is 3.70. The predicted molar refractivity (Wildman–Crippen MR) is 79.0 cm³/mol. The Kier molecular flexibility index (Phi) is 4.34. The monoisotopic (exact) mass is 295 g/mol. The summed E-state index contributed by atoms with van der Waals surface area (Å²) >= 11 is 1.47. The normalized spacial score (nSPS) is 18.1. The first-order chi connectivity index (χ1) is 9.34. The van der Waals surface area contributed by atoms with E-state index in [2.05, 4.69) is 9.97 Å². The highest BCUT2D eigenvalue weighted by Crippen LogP contribution is 2.26. The molecule has 1 aromatic rings. The highest BCUT2D eigenvalue weighted by atomic mass is 32.2. The highest BCUT2D eigenvalue weighted by Gasteiger charge is 2.31. The number of rotatable bonds is 2. The Morgan fingerprint density at radius 3 is 2.45 bits per heavy atom. The van der Waals surface area contributed by atoms with E-state index in [-0.39, 0.29) is 5.91 Å². The van der Waals surface area contributed by atoms with Crippen molar-refractivity contribution in [3.05, 3.63) is 17.1 Å². The molecule has 1 N–H and O–H groups in total. The number of hydrogen-bond donors (Lipinski definition) is 1. The van der Waals surface area contributed by atoms with Crippen molar-refractivity contribution < 1.29 is 9.90 Å². The fourth-order valence-electron chi connectivity index (χ4n) is 2.42. The largest absolute Gasteiger partial charge is 0.390 e. The molecule has 0 saturated carbocycles. The number of thioether (sulfide) groups is 1. The molecular formula is C14H21N3O2S. The van der Waals surface area contributed by atoms with Gasteiger partial charge in [0.05, 0.1) is 16.9 Å². The van der Waals surface area contributed by atoms with Gasteiger partial charge in [-0.3, -0.25) is 4.79 Å². The fourth-order valence-corrected chi connectivity index (χ4v) is 3.09. The predicted octanol–water partition coefficient (Wildman–Crippen LogP) is 1.80. The lowest BCUT2D eigenvalue weighted by atomic mass is 9.93. The van der Waals surface area contributed by atoms with E-state index in [0.29, 0.717) is 37.3 Å². The molecule has 5 nitrogen and oxygen atoms in total. The Labute approximate surface area is 123 Å². The molecule has 1 amide bonds. The second-order valence-corrected chi connectivity index (χ2v) is 6.32. The number of likely N-dealkylation sites (tertiary alicyclic amines) is 1. The molecule has 20 heavy (non-hydrogen) atoms. The van der Waals surface area contributed by atoms with E-state index in [4.69, 9.17) is 0 Å². The summed E-state index contributed by atoms with van der Waals surface area (Å²) in [5, 5.41) is 10.7. The van der Waals surface area contributed by atoms with Gasteiger partial charge in [-0.2, -0.15) is 0 Å². The molecule has 6 heteroatoms. The van der Waals surface area contributed by atoms with Gasteiger partial charge in [0, 0.05) is 13.1 Å². The summed E-state index contributed by atoms with van der Waals surface area (Å²) in [7, 11) is 0. The molecule has 2 heterocycles. The van der Waals surface area contributed by atoms with Gasteiger partial charge in [-0.05, 0) is 39.9 Å². The van der Waals surface area contributed by atoms with E-state index in [1.807, 2.05) is 27.0 Å². The van der Waals surface area contributed by atoms with Crippen molar-refractivity contribution in [1.82, 2.24) is 14.9 Å². The van der Waals surface area contributed by atoms with Crippen molar-refractivity contribution in [2.75, 3.05) is 19.3 Å². The zero-order chi connectivity index (χ0) is 14.9. The van der Waals surface area contributed by atoms with Crippen LogP contribution in [-0.4, -0.2) is 50.8 Å². The van der Waals surface area contributed by atoms with Crippen LogP contribution in [0.1, 0.15) is 41.6 Å². The summed E-state index contributed by atoms with van der Waals surface area (Å²) in [5.41, 5.74) is 0.673. The number of carbonyl (C=O) groups is 1. The van der Waals surface area contributed by atoms with Gasteiger partial charge < -0.3 is 10.0 Å². The number of piperidine rings is 1. The van der Waals surface area contributed by atoms with Gasteiger partial charge in [0.2, 0.25) is 0 Å². The Morgan fingerprint density at radius 2 is 1.90 bits per heavy atom. The van der Waals surface area contributed by atoms with Gasteiger partial charge in [-0.15, -0.1) is 11.8 Å². The summed E-state index contributed by atoms with van der Waals surface area (Å²) in [6, 6.07) is 0. The van der Waals surface area contributed by atoms with Crippen LogP contribution in [0.5, 0.6) is 0 Å². The van der Waals surface area contributed by atoms with Crippen molar-refractivity contribution >= 4 is 17.7 Å². The molecule has 2 rings (SSSR count). The van der Waals surface area contributed by atoms with E-state index < -0.39 is 5.60 Å². The Hall–Kier alpha value is -1.14. The van der Waals surface area contributed by atoms with E-state index in [0.717, 1.165) is 10.7 Å². The smallest absolute Gasteiger partial charge is 0.258 e. The number of aromatic nitrogens is 2. The zero-order valence-corrected chi connectivity index (χ0v) is 13.3. The van der Waals surface area contributed by atoms with Crippen molar-refractivity contribution in [3.8, 4) is 0 Å². The fraction of sp³-hybridized carbons (Fsp3) is 0.643. The highest BCUT2D eigenvalue weighted by molar-refractivity contribution is 7.98. The second kappa shape index (κ2) is 5.69. The molecular weight excluding hydrogens is 274 g/mol. The standard InChI is InChI=1S/C14H21N3O2S/c1-9-11(12(20-4)16-10(2)15-9)13(18)17-7-5-14(3,19)6-8-17/h19H,5-8H2,1-4H3. The molecule has 0 aliphatic carbocycles. The van der Waals surface area contributed by atoms with Gasteiger partial charge in [-0.1, -0.05) is 0 Å². The zero-order valence-electron chi connectivity index (χ0n) is 12.4. The van der Waals surface area contributed by atoms with Crippen LogP contribution in [0.15, 0.2) is 5.03 Å². The Balaban J connectivity index is 2.26. The molecule has 0 aromatic carbocycles. The summed E-state index contributed by atoms with van der Waals surface area (Å²) in [6.07, 6.45) is 3.14. The van der Waals surface area contributed by atoms with E-state index in [1.165, 1.54) is 11.8 Å². The van der Waals surface area contributed by atoms with E-state index in [1.54, 1.807) is 4.90 Å². The Bertz CT molecular complexity index is 521. The average Bonchev–Trinajstić information content (AvgIpc) is 2.37. The first kappa shape index (κ1) is 15.3. The molecule has 1 aromatic heterocycles. The molecule has 0 unspecified atom stereocenters. The molecule has 0 bridgehead atoms. The third kappa shape index (κ3) is 3.12. The number of aliphatic hydroxyl groups is 1. The summed E-state index contributed by atoms with van der Waals surface area (Å²) in [4.78, 5) is 23.1. The maximum Gasteiger partial charge on any atom is 0.258 e. The van der Waals surface area contributed by atoms with Gasteiger partial charge in [0.1, 0.15) is 10.9 Å². The lowest BCUT2D eigenvalue weighted by Crippen LogP contribution is -2.45. The SMILES string of the molecule is CSc1nc(C)nc(C)c1C(=O)N1CCC(C)(O)CC1. The number of aryl methyl sites for hydroxylation is 2. The summed E-state index contributed by atoms with van der Waals surface area (Å²) < 4.78 is 0. The molecule has 1 saturated heterocycles. The third-order valence-corrected chi connectivity index (χ3v) is 4.39. The van der Waals surface area contributed by atoms with Crippen LogP contribution in [-0.2, 0) is 0 Å². The minimum atomic E-state index is -0.655. The molecule has 110 valence electrons. The van der Waals surface area contributed by atoms with Gasteiger partial charge in [0.15, 0.2) is 0 Å². The van der Waals surface area contributed by atoms with Crippen LogP contribution >= 0.6 is 11.8 Å². The Morgan fingerprint density at radius 1 is 1.30 bits per heavy atom. The van der Waals surface area contributed by atoms with Crippen LogP contribution in [0.4, 0.5) is 0 Å². The number of carbonyl (C=O) groups excluding carboxylic acids is 1. The quantitative estimate of drug-likeness (QED) is 0.666. The minimum Gasteiger partial charge on any atom is -0.390 e.